The molecular weight excluding hydrogens is 115 g/mol. The molecule has 0 N–H and O–H groups in total. The van der Waals surface area contributed by atoms with E-state index in [-0.39, 0.29) is 0 Å². The lowest BCUT2D eigenvalue weighted by Crippen LogP contribution is -1.72. The predicted molar refractivity (Wildman–Crippen MR) is 38.8 cm³/mol. The van der Waals surface area contributed by atoms with Crippen molar-refractivity contribution in [1.29, 1.82) is 0 Å². The zero-order valence-corrected chi connectivity index (χ0v) is 5.65. The van der Waals surface area contributed by atoms with Crippen LogP contribution in [0.25, 0.3) is 0 Å². The van der Waals surface area contributed by atoms with E-state index in [9.17, 15) is 4.39 Å². The first kappa shape index (κ1) is 8.15. The summed E-state index contributed by atoms with van der Waals surface area (Å²) in [6.07, 6.45) is 3.81. The number of allylic oxidation sites excluding steroid dienone is 4. The van der Waals surface area contributed by atoms with Crippen molar-refractivity contribution < 1.29 is 4.39 Å². The lowest BCUT2D eigenvalue weighted by atomic mass is 10.2. The van der Waals surface area contributed by atoms with E-state index in [1.807, 2.05) is 6.92 Å². The van der Waals surface area contributed by atoms with Crippen molar-refractivity contribution in [1.82, 2.24) is 0 Å². The van der Waals surface area contributed by atoms with Crippen LogP contribution in [-0.4, -0.2) is 0 Å². The van der Waals surface area contributed by atoms with Gasteiger partial charge in [0.15, 0.2) is 0 Å². The van der Waals surface area contributed by atoms with Gasteiger partial charge in [0.05, 0.1) is 0 Å². The van der Waals surface area contributed by atoms with E-state index >= 15 is 0 Å². The van der Waals surface area contributed by atoms with Crippen molar-refractivity contribution in [2.45, 2.75) is 13.3 Å². The van der Waals surface area contributed by atoms with Crippen LogP contribution in [0, 0.1) is 0 Å². The van der Waals surface area contributed by atoms with Gasteiger partial charge in [0.2, 0.25) is 0 Å². The molecule has 0 spiro atoms. The Morgan fingerprint density at radius 1 is 1.67 bits per heavy atom. The van der Waals surface area contributed by atoms with E-state index < -0.39 is 5.83 Å². The predicted octanol–water partition coefficient (Wildman–Crippen LogP) is 2.99. The number of halogens is 1. The molecule has 0 aliphatic carbocycles. The molecule has 0 aliphatic heterocycles. The Balaban J connectivity index is 4.07. The summed E-state index contributed by atoms with van der Waals surface area (Å²) in [5.41, 5.74) is 0.877. The standard InChI is InChI=1S/C8H11F/c1-4-8(5-2)6-7(3)9/h4,6H,1,3,5H2,2H3/b8-6+. The van der Waals surface area contributed by atoms with Crippen LogP contribution in [0.5, 0.6) is 0 Å². The Bertz CT molecular complexity index is 143. The third-order valence-electron chi connectivity index (χ3n) is 1.01. The lowest BCUT2D eigenvalue weighted by molar-refractivity contribution is 0.669. The summed E-state index contributed by atoms with van der Waals surface area (Å²) in [4.78, 5) is 0. The van der Waals surface area contributed by atoms with Crippen molar-refractivity contribution in [2.24, 2.45) is 0 Å². The molecule has 1 heteroatoms. The molecule has 0 radical (unpaired) electrons. The second kappa shape index (κ2) is 4.07. The highest BCUT2D eigenvalue weighted by Crippen LogP contribution is 2.05. The summed E-state index contributed by atoms with van der Waals surface area (Å²) < 4.78 is 12.0. The maximum atomic E-state index is 12.0. The van der Waals surface area contributed by atoms with Crippen LogP contribution < -0.4 is 0 Å². The largest absolute Gasteiger partial charge is 0.208 e. The van der Waals surface area contributed by atoms with Crippen LogP contribution in [0.1, 0.15) is 13.3 Å². The normalized spacial score (nSPS) is 11.1. The Morgan fingerprint density at radius 3 is 2.33 bits per heavy atom. The molecule has 0 nitrogen and oxygen atoms in total. The molecule has 0 saturated carbocycles. The van der Waals surface area contributed by atoms with Crippen molar-refractivity contribution in [3.63, 3.8) is 0 Å². The van der Waals surface area contributed by atoms with E-state index in [1.165, 1.54) is 6.08 Å². The number of rotatable bonds is 3. The van der Waals surface area contributed by atoms with Crippen LogP contribution in [0.15, 0.2) is 36.7 Å². The van der Waals surface area contributed by atoms with Crippen LogP contribution in [0.4, 0.5) is 4.39 Å². The molecule has 0 atom stereocenters. The molecule has 0 aliphatic rings. The lowest BCUT2D eigenvalue weighted by Gasteiger charge is -1.91. The fourth-order valence-corrected chi connectivity index (χ4v) is 0.506. The van der Waals surface area contributed by atoms with Gasteiger partial charge >= 0.3 is 0 Å². The van der Waals surface area contributed by atoms with Crippen molar-refractivity contribution in [3.05, 3.63) is 36.7 Å². The van der Waals surface area contributed by atoms with Gasteiger partial charge in [-0.2, -0.15) is 0 Å². The first-order valence-electron chi connectivity index (χ1n) is 2.88. The van der Waals surface area contributed by atoms with Crippen LogP contribution in [0.3, 0.4) is 0 Å². The number of hydrogen-bond acceptors (Lipinski definition) is 0. The molecule has 0 aromatic rings. The summed E-state index contributed by atoms with van der Waals surface area (Å²) in [6, 6.07) is 0. The van der Waals surface area contributed by atoms with Crippen LogP contribution in [-0.2, 0) is 0 Å². The Labute approximate surface area is 55.4 Å². The average molecular weight is 126 g/mol. The molecule has 0 rings (SSSR count). The summed E-state index contributed by atoms with van der Waals surface area (Å²) in [5.74, 6) is -0.410. The van der Waals surface area contributed by atoms with E-state index in [4.69, 9.17) is 0 Å². The van der Waals surface area contributed by atoms with Gasteiger partial charge in [-0.3, -0.25) is 0 Å². The van der Waals surface area contributed by atoms with Gasteiger partial charge in [0.25, 0.3) is 0 Å². The topological polar surface area (TPSA) is 0 Å². The van der Waals surface area contributed by atoms with E-state index in [0.29, 0.717) is 0 Å². The highest BCUT2D eigenvalue weighted by Gasteiger charge is 1.86. The van der Waals surface area contributed by atoms with Crippen LogP contribution >= 0.6 is 0 Å². The summed E-state index contributed by atoms with van der Waals surface area (Å²) in [6.45, 7) is 8.55. The second-order valence-corrected chi connectivity index (χ2v) is 1.72. The molecule has 0 bridgehead atoms. The first-order valence-corrected chi connectivity index (χ1v) is 2.88. The van der Waals surface area contributed by atoms with Crippen molar-refractivity contribution in [2.75, 3.05) is 0 Å². The fraction of sp³-hybridized carbons (Fsp3) is 0.250. The summed E-state index contributed by atoms with van der Waals surface area (Å²) in [5, 5.41) is 0. The SMILES string of the molecule is C=C/C(=C\C(=C)F)CC. The van der Waals surface area contributed by atoms with Gasteiger partial charge in [0, 0.05) is 0 Å². The molecule has 0 unspecified atom stereocenters. The zero-order valence-electron chi connectivity index (χ0n) is 5.65. The molecule has 0 saturated heterocycles. The van der Waals surface area contributed by atoms with Crippen molar-refractivity contribution in [3.8, 4) is 0 Å². The van der Waals surface area contributed by atoms with Gasteiger partial charge in [0.1, 0.15) is 5.83 Å². The highest BCUT2D eigenvalue weighted by atomic mass is 19.1. The monoisotopic (exact) mass is 126 g/mol. The molecule has 0 aromatic carbocycles. The molecule has 0 heterocycles. The molecular formula is C8H11F. The van der Waals surface area contributed by atoms with Gasteiger partial charge in [-0.05, 0) is 18.1 Å². The van der Waals surface area contributed by atoms with Gasteiger partial charge in [-0.25, -0.2) is 4.39 Å². The third kappa shape index (κ3) is 3.71. The third-order valence-corrected chi connectivity index (χ3v) is 1.01. The van der Waals surface area contributed by atoms with E-state index in [2.05, 4.69) is 13.2 Å². The minimum atomic E-state index is -0.410. The second-order valence-electron chi connectivity index (χ2n) is 1.72. The molecule has 0 amide bonds. The number of hydrogen-bond donors (Lipinski definition) is 0. The Kier molecular flexibility index (Phi) is 3.69. The van der Waals surface area contributed by atoms with Crippen LogP contribution in [0.2, 0.25) is 0 Å². The molecule has 50 valence electrons. The van der Waals surface area contributed by atoms with E-state index in [1.54, 1.807) is 6.08 Å². The molecule has 0 fully saturated rings. The van der Waals surface area contributed by atoms with Gasteiger partial charge in [-0.1, -0.05) is 26.2 Å². The molecule has 0 aromatic heterocycles. The zero-order chi connectivity index (χ0) is 7.28. The highest BCUT2D eigenvalue weighted by molar-refractivity contribution is 5.23. The average Bonchev–Trinajstić information content (AvgIpc) is 1.82. The Hall–Kier alpha value is -0.850. The first-order chi connectivity index (χ1) is 4.20. The smallest absolute Gasteiger partial charge is 0.116 e. The summed E-state index contributed by atoms with van der Waals surface area (Å²) in [7, 11) is 0. The van der Waals surface area contributed by atoms with Gasteiger partial charge in [-0.15, -0.1) is 0 Å². The quantitative estimate of drug-likeness (QED) is 0.510. The maximum Gasteiger partial charge on any atom is 0.116 e. The summed E-state index contributed by atoms with van der Waals surface area (Å²) >= 11 is 0. The van der Waals surface area contributed by atoms with Gasteiger partial charge < -0.3 is 0 Å². The van der Waals surface area contributed by atoms with E-state index in [0.717, 1.165) is 12.0 Å². The van der Waals surface area contributed by atoms with Crippen molar-refractivity contribution >= 4 is 0 Å². The fourth-order valence-electron chi connectivity index (χ4n) is 0.506. The molecule has 9 heavy (non-hydrogen) atoms. The minimum Gasteiger partial charge on any atom is -0.208 e. The maximum absolute atomic E-state index is 12.0. The minimum absolute atomic E-state index is 0.410. The Morgan fingerprint density at radius 2 is 2.22 bits per heavy atom.